The number of hydrogen-bond acceptors (Lipinski definition) is 3. The molecular weight excluding hydrogens is 168 g/mol. The molecule has 0 atom stereocenters. The molecule has 0 aromatic carbocycles. The highest BCUT2D eigenvalue weighted by Crippen LogP contribution is 2.28. The second-order valence-corrected chi connectivity index (χ2v) is 3.49. The third kappa shape index (κ3) is 1.41. The summed E-state index contributed by atoms with van der Waals surface area (Å²) in [5, 5.41) is 8.95. The van der Waals surface area contributed by atoms with Gasteiger partial charge in [0.05, 0.1) is 21.8 Å². The van der Waals surface area contributed by atoms with Gasteiger partial charge in [0.15, 0.2) is 0 Å². The Morgan fingerprint density at radius 3 is 2.90 bits per heavy atom. The van der Waals surface area contributed by atoms with Gasteiger partial charge in [0, 0.05) is 5.56 Å². The Bertz CT molecular complexity index is 274. The molecule has 0 saturated heterocycles. The maximum Gasteiger partial charge on any atom is 0.0953 e. The summed E-state index contributed by atoms with van der Waals surface area (Å²) in [4.78, 5) is 0. The zero-order valence-corrected chi connectivity index (χ0v) is 6.67. The minimum atomic E-state index is 0.342. The summed E-state index contributed by atoms with van der Waals surface area (Å²) in [6, 6.07) is 3.73. The Balaban J connectivity index is 2.94. The van der Waals surface area contributed by atoms with E-state index in [1.165, 1.54) is 11.3 Å². The Morgan fingerprint density at radius 2 is 2.50 bits per heavy atom. The fourth-order valence-corrected chi connectivity index (χ4v) is 1.69. The van der Waals surface area contributed by atoms with E-state index in [9.17, 15) is 0 Å². The molecule has 0 aliphatic rings. The zero-order valence-electron chi connectivity index (χ0n) is 5.10. The van der Waals surface area contributed by atoms with Crippen molar-refractivity contribution in [3.63, 3.8) is 0 Å². The summed E-state index contributed by atoms with van der Waals surface area (Å²) >= 11 is 6.93. The molecule has 0 saturated carbocycles. The van der Waals surface area contributed by atoms with Gasteiger partial charge in [-0.15, -0.1) is 11.3 Å². The van der Waals surface area contributed by atoms with Gasteiger partial charge in [0.1, 0.15) is 0 Å². The number of thiophene rings is 1. The van der Waals surface area contributed by atoms with Gasteiger partial charge in [-0.1, -0.05) is 11.6 Å². The minimum absolute atomic E-state index is 0.342. The van der Waals surface area contributed by atoms with Gasteiger partial charge < -0.3 is 5.73 Å². The van der Waals surface area contributed by atoms with Gasteiger partial charge >= 0.3 is 0 Å². The lowest BCUT2D eigenvalue weighted by Gasteiger charge is -1.86. The van der Waals surface area contributed by atoms with Crippen molar-refractivity contribution in [1.82, 2.24) is 0 Å². The summed E-state index contributed by atoms with van der Waals surface area (Å²) in [6.07, 6.45) is 0.342. The Labute approximate surface area is 67.8 Å². The third-order valence-corrected chi connectivity index (χ3v) is 2.22. The molecular formula is C6H5ClN2S. The maximum atomic E-state index is 8.31. The second kappa shape index (κ2) is 2.91. The van der Waals surface area contributed by atoms with Crippen LogP contribution in [0.5, 0.6) is 0 Å². The average Bonchev–Trinajstić information content (AvgIpc) is 2.13. The van der Waals surface area contributed by atoms with Crippen LogP contribution in [0.4, 0.5) is 5.00 Å². The van der Waals surface area contributed by atoms with Gasteiger partial charge in [0.25, 0.3) is 0 Å². The monoisotopic (exact) mass is 172 g/mol. The van der Waals surface area contributed by atoms with E-state index in [-0.39, 0.29) is 0 Å². The Morgan fingerprint density at radius 1 is 1.80 bits per heavy atom. The van der Waals surface area contributed by atoms with Crippen molar-refractivity contribution in [2.45, 2.75) is 6.42 Å². The van der Waals surface area contributed by atoms with Crippen molar-refractivity contribution < 1.29 is 0 Å². The minimum Gasteiger partial charge on any atom is -0.390 e. The highest BCUT2D eigenvalue weighted by atomic mass is 35.5. The number of halogens is 1. The summed E-state index contributed by atoms with van der Waals surface area (Å²) in [7, 11) is 0. The van der Waals surface area contributed by atoms with E-state index >= 15 is 0 Å². The molecule has 0 amide bonds. The predicted molar refractivity (Wildman–Crippen MR) is 43.1 cm³/mol. The number of nitriles is 1. The number of anilines is 1. The van der Waals surface area contributed by atoms with Crippen molar-refractivity contribution in [3.8, 4) is 6.07 Å². The molecule has 52 valence electrons. The fourth-order valence-electron chi connectivity index (χ4n) is 0.631. The number of rotatable bonds is 1. The van der Waals surface area contributed by atoms with Crippen LogP contribution >= 0.6 is 22.9 Å². The summed E-state index contributed by atoms with van der Waals surface area (Å²) in [5.74, 6) is 0. The van der Waals surface area contributed by atoms with Gasteiger partial charge in [-0.3, -0.25) is 0 Å². The largest absolute Gasteiger partial charge is 0.390 e. The van der Waals surface area contributed by atoms with Crippen LogP contribution in [-0.2, 0) is 6.42 Å². The van der Waals surface area contributed by atoms with Crippen LogP contribution in [-0.4, -0.2) is 0 Å². The molecule has 0 bridgehead atoms. The summed E-state index contributed by atoms with van der Waals surface area (Å²) < 4.78 is 0.641. The van der Waals surface area contributed by atoms with Crippen LogP contribution in [0.25, 0.3) is 0 Å². The van der Waals surface area contributed by atoms with Crippen molar-refractivity contribution >= 4 is 27.9 Å². The maximum absolute atomic E-state index is 8.31. The van der Waals surface area contributed by atoms with Crippen LogP contribution in [0.2, 0.25) is 4.34 Å². The first-order valence-electron chi connectivity index (χ1n) is 2.64. The number of nitrogens with two attached hydrogens (primary N) is 1. The highest BCUT2D eigenvalue weighted by Gasteiger charge is 2.02. The Kier molecular flexibility index (Phi) is 2.15. The van der Waals surface area contributed by atoms with Crippen molar-refractivity contribution in [1.29, 1.82) is 5.26 Å². The van der Waals surface area contributed by atoms with E-state index < -0.39 is 0 Å². The second-order valence-electron chi connectivity index (χ2n) is 1.77. The van der Waals surface area contributed by atoms with Gasteiger partial charge in [-0.25, -0.2) is 0 Å². The number of nitrogen functional groups attached to an aromatic ring is 1. The molecule has 0 fully saturated rings. The lowest BCUT2D eigenvalue weighted by atomic mass is 10.2. The number of nitrogens with zero attached hydrogens (tertiary/aromatic N) is 1. The molecule has 0 unspecified atom stereocenters. The van der Waals surface area contributed by atoms with Crippen LogP contribution in [0.1, 0.15) is 5.56 Å². The molecule has 0 aliphatic carbocycles. The molecule has 0 spiro atoms. The molecule has 4 heteroatoms. The lowest BCUT2D eigenvalue weighted by Crippen LogP contribution is -1.85. The first kappa shape index (κ1) is 7.39. The van der Waals surface area contributed by atoms with Crippen molar-refractivity contribution in [2.75, 3.05) is 5.73 Å². The van der Waals surface area contributed by atoms with E-state index in [1.54, 1.807) is 6.07 Å². The third-order valence-electron chi connectivity index (χ3n) is 1.08. The lowest BCUT2D eigenvalue weighted by molar-refractivity contribution is 1.29. The molecule has 2 nitrogen and oxygen atoms in total. The van der Waals surface area contributed by atoms with E-state index in [0.29, 0.717) is 15.8 Å². The number of hydrogen-bond donors (Lipinski definition) is 1. The summed E-state index contributed by atoms with van der Waals surface area (Å²) in [6.45, 7) is 0. The molecule has 1 rings (SSSR count). The zero-order chi connectivity index (χ0) is 7.56. The van der Waals surface area contributed by atoms with Crippen LogP contribution in [0.15, 0.2) is 6.07 Å². The first-order chi connectivity index (χ1) is 4.74. The normalized spacial score (nSPS) is 9.20. The molecule has 0 radical (unpaired) electrons. The van der Waals surface area contributed by atoms with E-state index in [1.807, 2.05) is 6.07 Å². The van der Waals surface area contributed by atoms with Crippen molar-refractivity contribution in [2.24, 2.45) is 0 Å². The van der Waals surface area contributed by atoms with Gasteiger partial charge in [-0.05, 0) is 6.07 Å². The predicted octanol–water partition coefficient (Wildman–Crippen LogP) is 2.05. The highest BCUT2D eigenvalue weighted by molar-refractivity contribution is 7.19. The van der Waals surface area contributed by atoms with E-state index in [2.05, 4.69) is 0 Å². The molecule has 1 heterocycles. The molecule has 10 heavy (non-hydrogen) atoms. The van der Waals surface area contributed by atoms with Crippen molar-refractivity contribution in [3.05, 3.63) is 16.0 Å². The molecule has 2 N–H and O–H groups in total. The topological polar surface area (TPSA) is 49.8 Å². The Hall–Kier alpha value is -0.720. The first-order valence-corrected chi connectivity index (χ1v) is 3.84. The van der Waals surface area contributed by atoms with E-state index in [4.69, 9.17) is 22.6 Å². The SMILES string of the molecule is N#CCc1cc(Cl)sc1N. The smallest absolute Gasteiger partial charge is 0.0953 e. The average molecular weight is 173 g/mol. The quantitative estimate of drug-likeness (QED) is 0.705. The molecule has 1 aromatic heterocycles. The standard InChI is InChI=1S/C6H5ClN2S/c7-5-3-4(1-2-8)6(9)10-5/h3H,1,9H2. The van der Waals surface area contributed by atoms with E-state index in [0.717, 1.165) is 5.56 Å². The van der Waals surface area contributed by atoms with Crippen LogP contribution < -0.4 is 5.73 Å². The van der Waals surface area contributed by atoms with Gasteiger partial charge in [0.2, 0.25) is 0 Å². The van der Waals surface area contributed by atoms with Crippen LogP contribution in [0.3, 0.4) is 0 Å². The molecule has 1 aromatic rings. The summed E-state index contributed by atoms with van der Waals surface area (Å²) in [5.41, 5.74) is 6.34. The van der Waals surface area contributed by atoms with Crippen LogP contribution in [0, 0.1) is 11.3 Å². The molecule has 0 aliphatic heterocycles. The van der Waals surface area contributed by atoms with Gasteiger partial charge in [-0.2, -0.15) is 5.26 Å². The fraction of sp³-hybridized carbons (Fsp3) is 0.167.